The highest BCUT2D eigenvalue weighted by atomic mass is 16.3. The molecule has 0 aliphatic rings. The number of nitrogens with one attached hydrogen (secondary N) is 1. The third-order valence-corrected chi connectivity index (χ3v) is 4.87. The minimum absolute atomic E-state index is 0.0784. The largest absolute Gasteiger partial charge is 0.395 e. The van der Waals surface area contributed by atoms with Crippen LogP contribution in [0.1, 0.15) is 5.56 Å². The van der Waals surface area contributed by atoms with Gasteiger partial charge in [-0.05, 0) is 43.9 Å². The maximum absolute atomic E-state index is 9.31. The van der Waals surface area contributed by atoms with Crippen molar-refractivity contribution in [1.82, 2.24) is 5.32 Å². The molecule has 0 radical (unpaired) electrons. The molecule has 0 spiro atoms. The Balaban J connectivity index is 1.95. The summed E-state index contributed by atoms with van der Waals surface area (Å²) in [6.07, 6.45) is 0. The average Bonchev–Trinajstić information content (AvgIpc) is 2.68. The van der Waals surface area contributed by atoms with E-state index < -0.39 is 0 Å². The van der Waals surface area contributed by atoms with Crippen molar-refractivity contribution in [1.29, 1.82) is 0 Å². The molecule has 4 aromatic rings. The van der Waals surface area contributed by atoms with E-state index >= 15 is 0 Å². The van der Waals surface area contributed by atoms with E-state index in [-0.39, 0.29) is 19.3 Å². The van der Waals surface area contributed by atoms with Crippen molar-refractivity contribution >= 4 is 32.3 Å². The van der Waals surface area contributed by atoms with Crippen LogP contribution >= 0.6 is 0 Å². The molecule has 3 N–H and O–H groups in total. The molecule has 0 aliphatic carbocycles. The molecule has 0 aromatic heterocycles. The maximum Gasteiger partial charge on any atom is 0.0607 e. The standard InChI is InChI=1S/C22H21NO2/c24-13-17(14-25)23-12-16-11-22-18-6-2-1-5-15(18)9-10-21(22)20-8-4-3-7-19(16)20/h1-11,17,23-25H,12-14H2. The van der Waals surface area contributed by atoms with Crippen LogP contribution in [-0.2, 0) is 6.54 Å². The van der Waals surface area contributed by atoms with Crippen LogP contribution in [-0.4, -0.2) is 29.5 Å². The topological polar surface area (TPSA) is 52.5 Å². The number of hydrogen-bond acceptors (Lipinski definition) is 3. The number of hydrogen-bond donors (Lipinski definition) is 3. The molecule has 4 aromatic carbocycles. The minimum atomic E-state index is -0.304. The van der Waals surface area contributed by atoms with E-state index in [0.29, 0.717) is 6.54 Å². The van der Waals surface area contributed by atoms with Crippen molar-refractivity contribution in [2.75, 3.05) is 13.2 Å². The first-order valence-electron chi connectivity index (χ1n) is 8.59. The SMILES string of the molecule is OCC(CO)NCc1cc2c3ccccc3ccc2c2ccccc12. The van der Waals surface area contributed by atoms with Crippen LogP contribution in [0, 0.1) is 0 Å². The fraction of sp³-hybridized carbons (Fsp3) is 0.182. The Bertz CT molecular complexity index is 1040. The highest BCUT2D eigenvalue weighted by Crippen LogP contribution is 2.33. The number of rotatable bonds is 5. The van der Waals surface area contributed by atoms with Gasteiger partial charge in [-0.15, -0.1) is 0 Å². The van der Waals surface area contributed by atoms with Crippen molar-refractivity contribution in [3.63, 3.8) is 0 Å². The van der Waals surface area contributed by atoms with Gasteiger partial charge in [-0.25, -0.2) is 0 Å². The van der Waals surface area contributed by atoms with Crippen LogP contribution in [0.5, 0.6) is 0 Å². The van der Waals surface area contributed by atoms with Gasteiger partial charge in [0.05, 0.1) is 19.3 Å². The Hall–Kier alpha value is -2.46. The van der Waals surface area contributed by atoms with Crippen LogP contribution in [0.15, 0.2) is 66.7 Å². The van der Waals surface area contributed by atoms with Crippen LogP contribution in [0.3, 0.4) is 0 Å². The summed E-state index contributed by atoms with van der Waals surface area (Å²) < 4.78 is 0. The Morgan fingerprint density at radius 2 is 1.32 bits per heavy atom. The number of aliphatic hydroxyl groups excluding tert-OH is 2. The number of aliphatic hydroxyl groups is 2. The lowest BCUT2D eigenvalue weighted by Gasteiger charge is -2.16. The number of fused-ring (bicyclic) bond motifs is 5. The zero-order chi connectivity index (χ0) is 17.2. The molecule has 0 saturated heterocycles. The van der Waals surface area contributed by atoms with Gasteiger partial charge in [0.15, 0.2) is 0 Å². The van der Waals surface area contributed by atoms with Crippen molar-refractivity contribution in [3.8, 4) is 0 Å². The third-order valence-electron chi connectivity index (χ3n) is 4.87. The summed E-state index contributed by atoms with van der Waals surface area (Å²) >= 11 is 0. The second-order valence-electron chi connectivity index (χ2n) is 6.41. The number of benzene rings is 4. The molecule has 0 saturated carbocycles. The van der Waals surface area contributed by atoms with Gasteiger partial charge in [0, 0.05) is 6.54 Å². The summed E-state index contributed by atoms with van der Waals surface area (Å²) in [6, 6.07) is 23.1. The van der Waals surface area contributed by atoms with E-state index in [9.17, 15) is 10.2 Å². The molecule has 126 valence electrons. The molecule has 4 rings (SSSR count). The Morgan fingerprint density at radius 3 is 2.08 bits per heavy atom. The quantitative estimate of drug-likeness (QED) is 0.490. The molecule has 0 unspecified atom stereocenters. The molecule has 0 atom stereocenters. The summed E-state index contributed by atoms with van der Waals surface area (Å²) in [5, 5.41) is 29.2. The normalized spacial score (nSPS) is 11.8. The fourth-order valence-electron chi connectivity index (χ4n) is 3.52. The Morgan fingerprint density at radius 1 is 0.680 bits per heavy atom. The first-order chi connectivity index (χ1) is 12.3. The van der Waals surface area contributed by atoms with Crippen molar-refractivity contribution in [2.24, 2.45) is 0 Å². The fourth-order valence-corrected chi connectivity index (χ4v) is 3.52. The van der Waals surface area contributed by atoms with Gasteiger partial charge in [0.25, 0.3) is 0 Å². The summed E-state index contributed by atoms with van der Waals surface area (Å²) in [5.41, 5.74) is 1.17. The summed E-state index contributed by atoms with van der Waals surface area (Å²) in [7, 11) is 0. The van der Waals surface area contributed by atoms with Gasteiger partial charge in [-0.1, -0.05) is 60.7 Å². The first kappa shape index (κ1) is 16.0. The lowest BCUT2D eigenvalue weighted by Crippen LogP contribution is -2.35. The van der Waals surface area contributed by atoms with Gasteiger partial charge in [0.1, 0.15) is 0 Å². The Kier molecular flexibility index (Phi) is 4.36. The third kappa shape index (κ3) is 2.87. The summed E-state index contributed by atoms with van der Waals surface area (Å²) in [5.74, 6) is 0. The van der Waals surface area contributed by atoms with Crippen molar-refractivity contribution in [3.05, 3.63) is 72.3 Å². The molecule has 0 bridgehead atoms. The van der Waals surface area contributed by atoms with E-state index in [4.69, 9.17) is 0 Å². The molecule has 3 heteroatoms. The Labute approximate surface area is 146 Å². The van der Waals surface area contributed by atoms with Crippen LogP contribution in [0.2, 0.25) is 0 Å². The monoisotopic (exact) mass is 331 g/mol. The minimum Gasteiger partial charge on any atom is -0.395 e. The van der Waals surface area contributed by atoms with Gasteiger partial charge < -0.3 is 15.5 Å². The van der Waals surface area contributed by atoms with E-state index in [1.165, 1.54) is 37.9 Å². The molecule has 0 aliphatic heterocycles. The molecule has 0 heterocycles. The molecule has 3 nitrogen and oxygen atoms in total. The highest BCUT2D eigenvalue weighted by Gasteiger charge is 2.11. The van der Waals surface area contributed by atoms with Crippen molar-refractivity contribution in [2.45, 2.75) is 12.6 Å². The highest BCUT2D eigenvalue weighted by molar-refractivity contribution is 6.18. The summed E-state index contributed by atoms with van der Waals surface area (Å²) in [4.78, 5) is 0. The zero-order valence-electron chi connectivity index (χ0n) is 13.9. The molecule has 0 fully saturated rings. The predicted molar refractivity (Wildman–Crippen MR) is 104 cm³/mol. The predicted octanol–water partition coefficient (Wildman–Crippen LogP) is 3.59. The van der Waals surface area contributed by atoms with E-state index in [1.54, 1.807) is 0 Å². The van der Waals surface area contributed by atoms with Crippen LogP contribution < -0.4 is 5.32 Å². The van der Waals surface area contributed by atoms with Gasteiger partial charge in [-0.3, -0.25) is 0 Å². The zero-order valence-corrected chi connectivity index (χ0v) is 13.9. The van der Waals surface area contributed by atoms with Gasteiger partial charge >= 0.3 is 0 Å². The molecule has 25 heavy (non-hydrogen) atoms. The smallest absolute Gasteiger partial charge is 0.0607 e. The maximum atomic E-state index is 9.31. The summed E-state index contributed by atoms with van der Waals surface area (Å²) in [6.45, 7) is 0.446. The molecular weight excluding hydrogens is 310 g/mol. The van der Waals surface area contributed by atoms with E-state index in [0.717, 1.165) is 0 Å². The van der Waals surface area contributed by atoms with E-state index in [1.807, 2.05) is 6.07 Å². The van der Waals surface area contributed by atoms with Gasteiger partial charge in [-0.2, -0.15) is 0 Å². The lowest BCUT2D eigenvalue weighted by molar-refractivity contribution is 0.170. The molecule has 0 amide bonds. The van der Waals surface area contributed by atoms with Crippen molar-refractivity contribution < 1.29 is 10.2 Å². The lowest BCUT2D eigenvalue weighted by atomic mass is 9.93. The second kappa shape index (κ2) is 6.81. The van der Waals surface area contributed by atoms with Crippen LogP contribution in [0.25, 0.3) is 32.3 Å². The second-order valence-corrected chi connectivity index (χ2v) is 6.41. The average molecular weight is 331 g/mol. The van der Waals surface area contributed by atoms with Gasteiger partial charge in [0.2, 0.25) is 0 Å². The molecular formula is C22H21NO2. The first-order valence-corrected chi connectivity index (χ1v) is 8.59. The van der Waals surface area contributed by atoms with Crippen LogP contribution in [0.4, 0.5) is 0 Å². The van der Waals surface area contributed by atoms with E-state index in [2.05, 4.69) is 66.0 Å².